The Morgan fingerprint density at radius 2 is 1.76 bits per heavy atom. The number of anilines is 1. The van der Waals surface area contributed by atoms with Gasteiger partial charge in [-0.15, -0.1) is 0 Å². The van der Waals surface area contributed by atoms with Crippen LogP contribution < -0.4 is 9.73 Å². The van der Waals surface area contributed by atoms with Gasteiger partial charge in [-0.2, -0.15) is 18.4 Å². The molecule has 0 radical (unpaired) electrons. The first-order valence-electron chi connectivity index (χ1n) is 11.1. The number of rotatable bonds is 4. The first-order chi connectivity index (χ1) is 16.0. The molecule has 1 aromatic heterocycles. The highest BCUT2D eigenvalue weighted by molar-refractivity contribution is 7.89. The summed E-state index contributed by atoms with van der Waals surface area (Å²) in [6.45, 7) is 2.48. The van der Waals surface area contributed by atoms with Crippen molar-refractivity contribution in [1.82, 2.24) is 4.83 Å². The van der Waals surface area contributed by atoms with Crippen molar-refractivity contribution < 1.29 is 17.6 Å². The molecule has 2 aliphatic rings. The van der Waals surface area contributed by atoms with Gasteiger partial charge in [0.15, 0.2) is 5.76 Å². The summed E-state index contributed by atoms with van der Waals surface area (Å²) in [6, 6.07) is 16.1. The number of nitrogens with one attached hydrogen (secondary N) is 1. The molecule has 1 amide bonds. The van der Waals surface area contributed by atoms with E-state index in [1.807, 2.05) is 25.1 Å². The molecule has 3 aromatic rings. The summed E-state index contributed by atoms with van der Waals surface area (Å²) in [5.74, 6) is 0.820. The van der Waals surface area contributed by atoms with E-state index >= 15 is 0 Å². The van der Waals surface area contributed by atoms with E-state index in [4.69, 9.17) is 4.42 Å². The molecule has 0 atom stereocenters. The van der Waals surface area contributed by atoms with Crippen molar-refractivity contribution in [1.29, 1.82) is 0 Å². The second-order valence-electron chi connectivity index (χ2n) is 8.36. The van der Waals surface area contributed by atoms with E-state index in [0.29, 0.717) is 42.2 Å². The zero-order valence-electron chi connectivity index (χ0n) is 18.4. The first-order valence-corrected chi connectivity index (χ1v) is 12.6. The van der Waals surface area contributed by atoms with Crippen molar-refractivity contribution in [3.63, 3.8) is 0 Å². The predicted molar refractivity (Wildman–Crippen MR) is 126 cm³/mol. The highest BCUT2D eigenvalue weighted by Gasteiger charge is 2.32. The number of sulfonamides is 1. The van der Waals surface area contributed by atoms with Crippen LogP contribution in [0, 0.1) is 6.92 Å². The normalized spacial score (nSPS) is 16.9. The molecular formula is C25H25N3O4S. The number of carbonyl (C=O) groups excluding carboxylic acids is 1. The van der Waals surface area contributed by atoms with Crippen LogP contribution in [0.1, 0.15) is 52.3 Å². The number of hydrogen-bond donors (Lipinski definition) is 1. The maximum absolute atomic E-state index is 13.5. The molecule has 0 fully saturated rings. The standard InChI is InChI=1S/C25H25N3O4S/c1-17-23-20(26-27-33(30,31)19-11-3-2-4-12-19)13-7-15-22(23)32-24(17)25(29)28-16-8-10-18-9-5-6-14-21(18)28/h2-6,9,11-12,14,27H,7-8,10,13,15-16H2,1H3/b26-20+. The van der Waals surface area contributed by atoms with Gasteiger partial charge in [-0.25, -0.2) is 0 Å². The SMILES string of the molecule is Cc1c(C(=O)N2CCCc3ccccc32)oc2c1/C(=N/NS(=O)(=O)c1ccccc1)CCC2. The van der Waals surface area contributed by atoms with Crippen LogP contribution in [-0.4, -0.2) is 26.6 Å². The van der Waals surface area contributed by atoms with Crippen molar-refractivity contribution in [2.45, 2.75) is 43.9 Å². The summed E-state index contributed by atoms with van der Waals surface area (Å²) in [7, 11) is -3.78. The van der Waals surface area contributed by atoms with Gasteiger partial charge in [-0.1, -0.05) is 36.4 Å². The Kier molecular flexibility index (Phi) is 5.54. The van der Waals surface area contributed by atoms with E-state index in [9.17, 15) is 13.2 Å². The van der Waals surface area contributed by atoms with Crippen LogP contribution in [0.2, 0.25) is 0 Å². The van der Waals surface area contributed by atoms with Crippen molar-refractivity contribution in [3.8, 4) is 0 Å². The molecule has 0 saturated carbocycles. The summed E-state index contributed by atoms with van der Waals surface area (Å²) < 4.78 is 31.3. The van der Waals surface area contributed by atoms with Gasteiger partial charge in [0, 0.05) is 29.8 Å². The summed E-state index contributed by atoms with van der Waals surface area (Å²) in [5.41, 5.74) is 4.12. The fourth-order valence-electron chi connectivity index (χ4n) is 4.62. The zero-order chi connectivity index (χ0) is 23.0. The fourth-order valence-corrected chi connectivity index (χ4v) is 5.47. The third-order valence-corrected chi connectivity index (χ3v) is 7.45. The van der Waals surface area contributed by atoms with Crippen LogP contribution in [0.25, 0.3) is 0 Å². The number of amides is 1. The lowest BCUT2D eigenvalue weighted by atomic mass is 9.93. The molecule has 0 bridgehead atoms. The molecule has 0 spiro atoms. The van der Waals surface area contributed by atoms with Crippen LogP contribution >= 0.6 is 0 Å². The van der Waals surface area contributed by atoms with Gasteiger partial charge < -0.3 is 9.32 Å². The quantitative estimate of drug-likeness (QED) is 0.587. The van der Waals surface area contributed by atoms with Gasteiger partial charge in [0.2, 0.25) is 0 Å². The molecular weight excluding hydrogens is 438 g/mol. The van der Waals surface area contributed by atoms with E-state index in [-0.39, 0.29) is 10.8 Å². The Labute approximate surface area is 193 Å². The number of fused-ring (bicyclic) bond motifs is 2. The minimum atomic E-state index is -3.78. The predicted octanol–water partition coefficient (Wildman–Crippen LogP) is 4.20. The van der Waals surface area contributed by atoms with Crippen molar-refractivity contribution >= 4 is 27.3 Å². The van der Waals surface area contributed by atoms with Gasteiger partial charge in [0.25, 0.3) is 15.9 Å². The Morgan fingerprint density at radius 3 is 2.58 bits per heavy atom. The molecule has 33 heavy (non-hydrogen) atoms. The lowest BCUT2D eigenvalue weighted by molar-refractivity contribution is 0.0955. The third-order valence-electron chi connectivity index (χ3n) is 6.23. The molecule has 1 aliphatic heterocycles. The lowest BCUT2D eigenvalue weighted by Gasteiger charge is -2.28. The number of furan rings is 1. The average Bonchev–Trinajstić information content (AvgIpc) is 3.19. The first kappa shape index (κ1) is 21.5. The van der Waals surface area contributed by atoms with Crippen molar-refractivity contribution in [2.24, 2.45) is 5.10 Å². The smallest absolute Gasteiger partial charge is 0.294 e. The Bertz CT molecular complexity index is 1340. The van der Waals surface area contributed by atoms with Gasteiger partial charge in [0.05, 0.1) is 10.6 Å². The van der Waals surface area contributed by atoms with Crippen LogP contribution in [0.5, 0.6) is 0 Å². The van der Waals surface area contributed by atoms with E-state index in [1.165, 1.54) is 12.1 Å². The number of hydrogen-bond acceptors (Lipinski definition) is 5. The van der Waals surface area contributed by atoms with E-state index in [2.05, 4.69) is 16.0 Å². The van der Waals surface area contributed by atoms with Crippen LogP contribution in [-0.2, 0) is 22.9 Å². The van der Waals surface area contributed by atoms with Gasteiger partial charge in [-0.3, -0.25) is 4.79 Å². The van der Waals surface area contributed by atoms with Gasteiger partial charge in [-0.05, 0) is 56.4 Å². The maximum Gasteiger partial charge on any atom is 0.294 e. The summed E-state index contributed by atoms with van der Waals surface area (Å²) in [6.07, 6.45) is 3.91. The molecule has 1 N–H and O–H groups in total. The second-order valence-corrected chi connectivity index (χ2v) is 10.0. The Balaban J connectivity index is 1.47. The van der Waals surface area contributed by atoms with Gasteiger partial charge in [0.1, 0.15) is 5.76 Å². The van der Waals surface area contributed by atoms with Gasteiger partial charge >= 0.3 is 0 Å². The molecule has 2 aromatic carbocycles. The van der Waals surface area contributed by atoms with Crippen LogP contribution in [0.3, 0.4) is 0 Å². The largest absolute Gasteiger partial charge is 0.455 e. The lowest BCUT2D eigenvalue weighted by Crippen LogP contribution is -2.35. The summed E-state index contributed by atoms with van der Waals surface area (Å²) >= 11 is 0. The zero-order valence-corrected chi connectivity index (χ0v) is 19.2. The van der Waals surface area contributed by atoms with Crippen LogP contribution in [0.15, 0.2) is 69.0 Å². The third kappa shape index (κ3) is 3.95. The van der Waals surface area contributed by atoms with E-state index < -0.39 is 10.0 Å². The summed E-state index contributed by atoms with van der Waals surface area (Å²) in [5, 5.41) is 4.25. The monoisotopic (exact) mass is 463 g/mol. The minimum Gasteiger partial charge on any atom is -0.455 e. The van der Waals surface area contributed by atoms with E-state index in [0.717, 1.165) is 36.1 Å². The number of benzene rings is 2. The molecule has 8 heteroatoms. The molecule has 2 heterocycles. The average molecular weight is 464 g/mol. The second kappa shape index (κ2) is 8.51. The Morgan fingerprint density at radius 1 is 1.00 bits per heavy atom. The molecule has 5 rings (SSSR count). The van der Waals surface area contributed by atoms with Crippen molar-refractivity contribution in [3.05, 3.63) is 82.8 Å². The molecule has 7 nitrogen and oxygen atoms in total. The molecule has 0 saturated heterocycles. The molecule has 170 valence electrons. The number of hydrazone groups is 1. The molecule has 0 unspecified atom stereocenters. The number of aryl methyl sites for hydroxylation is 2. The fraction of sp³-hybridized carbons (Fsp3) is 0.280. The highest BCUT2D eigenvalue weighted by atomic mass is 32.2. The maximum atomic E-state index is 13.5. The van der Waals surface area contributed by atoms with Crippen molar-refractivity contribution in [2.75, 3.05) is 11.4 Å². The minimum absolute atomic E-state index is 0.147. The topological polar surface area (TPSA) is 92.0 Å². The number of carbonyl (C=O) groups is 1. The number of para-hydroxylation sites is 1. The Hall–Kier alpha value is -3.39. The summed E-state index contributed by atoms with van der Waals surface area (Å²) in [4.78, 5) is 17.8. The van der Waals surface area contributed by atoms with Crippen LogP contribution in [0.4, 0.5) is 5.69 Å². The highest BCUT2D eigenvalue weighted by Crippen LogP contribution is 2.33. The van der Waals surface area contributed by atoms with E-state index in [1.54, 1.807) is 23.1 Å². The molecule has 1 aliphatic carbocycles. The number of nitrogens with zero attached hydrogens (tertiary/aromatic N) is 2.